The van der Waals surface area contributed by atoms with Gasteiger partial charge in [-0.1, -0.05) is 6.07 Å². The van der Waals surface area contributed by atoms with Crippen LogP contribution in [-0.4, -0.2) is 44.5 Å². The number of nitrogens with one attached hydrogen (secondary N) is 2. The number of aryl methyl sites for hydroxylation is 1. The summed E-state index contributed by atoms with van der Waals surface area (Å²) in [7, 11) is 4.96. The molecule has 0 heterocycles. The maximum atomic E-state index is 13.8. The molecule has 0 fully saturated rings. The number of amides is 2. The molecule has 2 aromatic carbocycles. The van der Waals surface area contributed by atoms with Crippen LogP contribution in [0.15, 0.2) is 36.4 Å². The third kappa shape index (κ3) is 5.03. The van der Waals surface area contributed by atoms with E-state index in [2.05, 4.69) is 10.6 Å². The Kier molecular flexibility index (Phi) is 6.30. The first-order chi connectivity index (χ1) is 12.3. The van der Waals surface area contributed by atoms with Crippen molar-refractivity contribution in [3.8, 4) is 5.75 Å². The lowest BCUT2D eigenvalue weighted by Gasteiger charge is -2.14. The van der Waals surface area contributed by atoms with Gasteiger partial charge in [-0.2, -0.15) is 0 Å². The number of halogens is 1. The Labute approximate surface area is 152 Å². The van der Waals surface area contributed by atoms with Gasteiger partial charge in [0.1, 0.15) is 0 Å². The fourth-order valence-electron chi connectivity index (χ4n) is 2.32. The van der Waals surface area contributed by atoms with E-state index in [1.54, 1.807) is 37.2 Å². The number of nitrogens with zero attached hydrogens (tertiary/aromatic N) is 1. The van der Waals surface area contributed by atoms with Gasteiger partial charge in [-0.3, -0.25) is 9.59 Å². The Morgan fingerprint density at radius 1 is 1.12 bits per heavy atom. The summed E-state index contributed by atoms with van der Waals surface area (Å²) in [5.41, 5.74) is 2.14. The normalized spacial score (nSPS) is 10.5. The minimum Gasteiger partial charge on any atom is -0.494 e. The monoisotopic (exact) mass is 359 g/mol. The number of benzene rings is 2. The molecule has 0 bridgehead atoms. The summed E-state index contributed by atoms with van der Waals surface area (Å²) in [6.45, 7) is 2.11. The van der Waals surface area contributed by atoms with Gasteiger partial charge in [-0.15, -0.1) is 0 Å². The number of anilines is 2. The van der Waals surface area contributed by atoms with E-state index in [1.165, 1.54) is 19.2 Å². The van der Waals surface area contributed by atoms with Crippen LogP contribution in [0.2, 0.25) is 0 Å². The quantitative estimate of drug-likeness (QED) is 0.832. The molecule has 6 nitrogen and oxygen atoms in total. The molecule has 0 unspecified atom stereocenters. The number of hydrogen-bond acceptors (Lipinski definition) is 4. The first-order valence-electron chi connectivity index (χ1n) is 8.00. The highest BCUT2D eigenvalue weighted by Crippen LogP contribution is 2.22. The summed E-state index contributed by atoms with van der Waals surface area (Å²) in [5, 5.41) is 5.51. The molecular formula is C19H22FN3O3. The summed E-state index contributed by atoms with van der Waals surface area (Å²) in [5.74, 6) is -1.15. The zero-order valence-corrected chi connectivity index (χ0v) is 15.2. The van der Waals surface area contributed by atoms with E-state index >= 15 is 0 Å². The highest BCUT2D eigenvalue weighted by molar-refractivity contribution is 6.05. The van der Waals surface area contributed by atoms with Crippen molar-refractivity contribution < 1.29 is 18.7 Å². The molecule has 0 aliphatic heterocycles. The maximum Gasteiger partial charge on any atom is 0.255 e. The van der Waals surface area contributed by atoms with Crippen molar-refractivity contribution in [1.29, 1.82) is 0 Å². The van der Waals surface area contributed by atoms with Crippen molar-refractivity contribution in [1.82, 2.24) is 4.90 Å². The molecule has 0 spiro atoms. The molecule has 2 N–H and O–H groups in total. The molecule has 2 rings (SSSR count). The third-order valence-electron chi connectivity index (χ3n) is 3.64. The first kappa shape index (κ1) is 19.4. The number of likely N-dealkylation sites (N-methyl/N-ethyl adjacent to an activating group) is 1. The van der Waals surface area contributed by atoms with E-state index < -0.39 is 11.7 Å². The van der Waals surface area contributed by atoms with E-state index in [0.29, 0.717) is 11.4 Å². The van der Waals surface area contributed by atoms with Gasteiger partial charge in [0.15, 0.2) is 11.6 Å². The fraction of sp³-hybridized carbons (Fsp3) is 0.263. The maximum absolute atomic E-state index is 13.8. The van der Waals surface area contributed by atoms with Crippen LogP contribution >= 0.6 is 0 Å². The topological polar surface area (TPSA) is 70.7 Å². The average molecular weight is 359 g/mol. The lowest BCUT2D eigenvalue weighted by atomic mass is 10.1. The Morgan fingerprint density at radius 2 is 1.85 bits per heavy atom. The molecule has 26 heavy (non-hydrogen) atoms. The van der Waals surface area contributed by atoms with Crippen LogP contribution in [0.25, 0.3) is 0 Å². The van der Waals surface area contributed by atoms with Crippen LogP contribution in [0.4, 0.5) is 15.8 Å². The van der Waals surface area contributed by atoms with Crippen LogP contribution in [0.5, 0.6) is 5.75 Å². The number of methoxy groups -OCH3 is 1. The van der Waals surface area contributed by atoms with E-state index in [9.17, 15) is 14.0 Å². The van der Waals surface area contributed by atoms with Gasteiger partial charge in [-0.25, -0.2) is 4.39 Å². The minimum absolute atomic E-state index is 0.0720. The van der Waals surface area contributed by atoms with Gasteiger partial charge in [0, 0.05) is 16.9 Å². The molecule has 0 aliphatic carbocycles. The summed E-state index contributed by atoms with van der Waals surface area (Å²) < 4.78 is 18.6. The van der Waals surface area contributed by atoms with Gasteiger partial charge < -0.3 is 20.3 Å². The Hall–Kier alpha value is -2.93. The van der Waals surface area contributed by atoms with Crippen molar-refractivity contribution in [3.05, 3.63) is 53.3 Å². The molecule has 0 saturated carbocycles. The van der Waals surface area contributed by atoms with Crippen LogP contribution in [0, 0.1) is 12.7 Å². The summed E-state index contributed by atoms with van der Waals surface area (Å²) >= 11 is 0. The van der Waals surface area contributed by atoms with Crippen molar-refractivity contribution in [2.75, 3.05) is 38.4 Å². The molecule has 0 aliphatic rings. The highest BCUT2D eigenvalue weighted by atomic mass is 19.1. The standard InChI is InChI=1S/C19H22FN3O3/c1-12-5-7-14(10-16(12)22-18(24)11-23(2)3)21-19(25)13-6-8-17(26-4)15(20)9-13/h5-10H,11H2,1-4H3,(H,21,25)(H,22,24). The van der Waals surface area contributed by atoms with Gasteiger partial charge in [0.05, 0.1) is 13.7 Å². The third-order valence-corrected chi connectivity index (χ3v) is 3.64. The molecule has 2 aromatic rings. The van der Waals surface area contributed by atoms with E-state index in [-0.39, 0.29) is 23.8 Å². The number of rotatable bonds is 6. The van der Waals surface area contributed by atoms with E-state index in [1.807, 2.05) is 6.92 Å². The number of ether oxygens (including phenoxy) is 1. The van der Waals surface area contributed by atoms with Gasteiger partial charge in [0.2, 0.25) is 5.91 Å². The molecule has 7 heteroatoms. The van der Waals surface area contributed by atoms with Crippen LogP contribution in [0.3, 0.4) is 0 Å². The number of carbonyl (C=O) groups excluding carboxylic acids is 2. The molecule has 0 saturated heterocycles. The molecule has 138 valence electrons. The average Bonchev–Trinajstić information content (AvgIpc) is 2.57. The second-order valence-corrected chi connectivity index (χ2v) is 6.12. The van der Waals surface area contributed by atoms with Gasteiger partial charge in [-0.05, 0) is 56.9 Å². The molecule has 0 radical (unpaired) electrons. The summed E-state index contributed by atoms with van der Waals surface area (Å²) in [6, 6.07) is 9.16. The van der Waals surface area contributed by atoms with E-state index in [4.69, 9.17) is 4.74 Å². The molecule has 0 aromatic heterocycles. The second kappa shape index (κ2) is 8.44. The van der Waals surface area contributed by atoms with E-state index in [0.717, 1.165) is 11.6 Å². The zero-order valence-electron chi connectivity index (χ0n) is 15.2. The molecule has 2 amide bonds. The lowest BCUT2D eigenvalue weighted by molar-refractivity contribution is -0.116. The van der Waals surface area contributed by atoms with Crippen LogP contribution in [0.1, 0.15) is 15.9 Å². The van der Waals surface area contributed by atoms with Crippen LogP contribution in [-0.2, 0) is 4.79 Å². The predicted molar refractivity (Wildman–Crippen MR) is 99.3 cm³/mol. The van der Waals surface area contributed by atoms with Gasteiger partial charge >= 0.3 is 0 Å². The van der Waals surface area contributed by atoms with Crippen molar-refractivity contribution in [2.24, 2.45) is 0 Å². The number of carbonyl (C=O) groups is 2. The Morgan fingerprint density at radius 3 is 2.46 bits per heavy atom. The number of hydrogen-bond donors (Lipinski definition) is 2. The molecular weight excluding hydrogens is 337 g/mol. The summed E-state index contributed by atoms with van der Waals surface area (Å²) in [4.78, 5) is 26.0. The predicted octanol–water partition coefficient (Wildman–Crippen LogP) is 2.90. The SMILES string of the molecule is COc1ccc(C(=O)Nc2ccc(C)c(NC(=O)CN(C)C)c2)cc1F. The van der Waals surface area contributed by atoms with Crippen LogP contribution < -0.4 is 15.4 Å². The summed E-state index contributed by atoms with van der Waals surface area (Å²) in [6.07, 6.45) is 0. The van der Waals surface area contributed by atoms with Crippen molar-refractivity contribution in [3.63, 3.8) is 0 Å². The first-order valence-corrected chi connectivity index (χ1v) is 8.00. The second-order valence-electron chi connectivity index (χ2n) is 6.12. The lowest BCUT2D eigenvalue weighted by Crippen LogP contribution is -2.27. The Balaban J connectivity index is 2.14. The Bertz CT molecular complexity index is 822. The fourth-order valence-corrected chi connectivity index (χ4v) is 2.32. The largest absolute Gasteiger partial charge is 0.494 e. The highest BCUT2D eigenvalue weighted by Gasteiger charge is 2.12. The van der Waals surface area contributed by atoms with Crippen molar-refractivity contribution in [2.45, 2.75) is 6.92 Å². The smallest absolute Gasteiger partial charge is 0.255 e. The van der Waals surface area contributed by atoms with Crippen molar-refractivity contribution >= 4 is 23.2 Å². The molecule has 0 atom stereocenters. The van der Waals surface area contributed by atoms with Gasteiger partial charge in [0.25, 0.3) is 5.91 Å². The minimum atomic E-state index is -0.610. The zero-order chi connectivity index (χ0) is 19.3.